The van der Waals surface area contributed by atoms with Gasteiger partial charge in [-0.25, -0.2) is 8.42 Å². The number of benzene rings is 2. The molecule has 0 aromatic heterocycles. The summed E-state index contributed by atoms with van der Waals surface area (Å²) >= 11 is 0. The Labute approximate surface area is 137 Å². The number of fused-ring (bicyclic) bond motifs is 2. The van der Waals surface area contributed by atoms with Crippen LogP contribution in [0.25, 0.3) is 0 Å². The SMILES string of the molecule is O=S(=O)(c1ccccc1)N1C[C@@H]2CCCN2Cc2ccccc21. The molecule has 1 atom stereocenters. The average molecular weight is 328 g/mol. The average Bonchev–Trinajstić information content (AvgIpc) is 2.94. The number of hydrogen-bond acceptors (Lipinski definition) is 3. The number of para-hydroxylation sites is 1. The van der Waals surface area contributed by atoms with E-state index in [0.29, 0.717) is 17.5 Å². The van der Waals surface area contributed by atoms with Gasteiger partial charge in [-0.15, -0.1) is 0 Å². The maximum absolute atomic E-state index is 13.2. The maximum Gasteiger partial charge on any atom is 0.264 e. The summed E-state index contributed by atoms with van der Waals surface area (Å²) in [6, 6.07) is 16.9. The predicted octanol–water partition coefficient (Wildman–Crippen LogP) is 2.86. The second kappa shape index (κ2) is 5.65. The maximum atomic E-state index is 13.2. The van der Waals surface area contributed by atoms with E-state index in [4.69, 9.17) is 0 Å². The van der Waals surface area contributed by atoms with E-state index in [1.54, 1.807) is 28.6 Å². The van der Waals surface area contributed by atoms with Gasteiger partial charge >= 0.3 is 0 Å². The fourth-order valence-electron chi connectivity index (χ4n) is 3.65. The third-order valence-corrected chi connectivity index (χ3v) is 6.63. The summed E-state index contributed by atoms with van der Waals surface area (Å²) in [5.41, 5.74) is 1.92. The van der Waals surface area contributed by atoms with E-state index in [-0.39, 0.29) is 0 Å². The molecule has 4 rings (SSSR count). The highest BCUT2D eigenvalue weighted by molar-refractivity contribution is 7.92. The van der Waals surface area contributed by atoms with Crippen molar-refractivity contribution in [3.63, 3.8) is 0 Å². The molecule has 0 N–H and O–H groups in total. The Morgan fingerprint density at radius 1 is 0.957 bits per heavy atom. The molecule has 1 fully saturated rings. The first kappa shape index (κ1) is 14.7. The molecule has 120 valence electrons. The minimum atomic E-state index is -3.53. The van der Waals surface area contributed by atoms with Crippen LogP contribution in [0.4, 0.5) is 5.69 Å². The molecule has 2 aromatic carbocycles. The molecule has 2 aliphatic heterocycles. The van der Waals surface area contributed by atoms with E-state index >= 15 is 0 Å². The van der Waals surface area contributed by atoms with Crippen molar-refractivity contribution < 1.29 is 8.42 Å². The topological polar surface area (TPSA) is 40.6 Å². The van der Waals surface area contributed by atoms with Gasteiger partial charge < -0.3 is 0 Å². The van der Waals surface area contributed by atoms with Gasteiger partial charge in [0.05, 0.1) is 10.6 Å². The monoisotopic (exact) mass is 328 g/mol. The summed E-state index contributed by atoms with van der Waals surface area (Å²) in [6.07, 6.45) is 2.21. The lowest BCUT2D eigenvalue weighted by molar-refractivity contribution is 0.257. The zero-order valence-electron chi connectivity index (χ0n) is 12.9. The number of rotatable bonds is 2. The van der Waals surface area contributed by atoms with E-state index in [9.17, 15) is 8.42 Å². The fourth-order valence-corrected chi connectivity index (χ4v) is 5.21. The Morgan fingerprint density at radius 3 is 2.52 bits per heavy atom. The van der Waals surface area contributed by atoms with Crippen molar-refractivity contribution in [2.75, 3.05) is 17.4 Å². The Morgan fingerprint density at radius 2 is 1.70 bits per heavy atom. The molecule has 2 aliphatic rings. The van der Waals surface area contributed by atoms with Gasteiger partial charge in [0.1, 0.15) is 0 Å². The van der Waals surface area contributed by atoms with Crippen molar-refractivity contribution in [2.45, 2.75) is 30.3 Å². The minimum absolute atomic E-state index is 0.306. The molecule has 2 aromatic rings. The van der Waals surface area contributed by atoms with Crippen LogP contribution in [-0.2, 0) is 16.6 Å². The van der Waals surface area contributed by atoms with Crippen LogP contribution in [0.1, 0.15) is 18.4 Å². The van der Waals surface area contributed by atoms with Gasteiger partial charge in [-0.1, -0.05) is 36.4 Å². The third kappa shape index (κ3) is 2.54. The van der Waals surface area contributed by atoms with Crippen molar-refractivity contribution in [1.29, 1.82) is 0 Å². The van der Waals surface area contributed by atoms with E-state index in [1.165, 1.54) is 0 Å². The molecule has 1 saturated heterocycles. The quantitative estimate of drug-likeness (QED) is 0.851. The molecular formula is C18H20N2O2S. The van der Waals surface area contributed by atoms with Crippen molar-refractivity contribution in [3.8, 4) is 0 Å². The fraction of sp³-hybridized carbons (Fsp3) is 0.333. The number of anilines is 1. The van der Waals surface area contributed by atoms with Gasteiger partial charge in [-0.05, 0) is 43.1 Å². The van der Waals surface area contributed by atoms with Crippen molar-refractivity contribution >= 4 is 15.7 Å². The van der Waals surface area contributed by atoms with Crippen LogP contribution in [-0.4, -0.2) is 32.4 Å². The molecule has 2 heterocycles. The Balaban J connectivity index is 1.83. The molecular weight excluding hydrogens is 308 g/mol. The standard InChI is InChI=1S/C18H20N2O2S/c21-23(22,17-9-2-1-3-10-17)20-14-16-8-6-12-19(16)13-15-7-4-5-11-18(15)20/h1-5,7,9-11,16H,6,8,12-14H2/t16-/m0/s1. The molecule has 0 radical (unpaired) electrons. The van der Waals surface area contributed by atoms with Crippen LogP contribution < -0.4 is 4.31 Å². The zero-order valence-corrected chi connectivity index (χ0v) is 13.7. The molecule has 4 nitrogen and oxygen atoms in total. The predicted molar refractivity (Wildman–Crippen MR) is 90.8 cm³/mol. The lowest BCUT2D eigenvalue weighted by Gasteiger charge is -2.27. The molecule has 0 aliphatic carbocycles. The lowest BCUT2D eigenvalue weighted by atomic mass is 10.2. The molecule has 0 saturated carbocycles. The first-order valence-corrected chi connectivity index (χ1v) is 9.50. The number of nitrogens with zero attached hydrogens (tertiary/aromatic N) is 2. The summed E-state index contributed by atoms with van der Waals surface area (Å²) in [4.78, 5) is 2.78. The van der Waals surface area contributed by atoms with Crippen LogP contribution in [0.15, 0.2) is 59.5 Å². The van der Waals surface area contributed by atoms with Crippen LogP contribution >= 0.6 is 0 Å². The first-order chi connectivity index (χ1) is 11.2. The largest absolute Gasteiger partial charge is 0.294 e. The molecule has 0 amide bonds. The van der Waals surface area contributed by atoms with E-state index in [1.807, 2.05) is 30.3 Å². The molecule has 0 spiro atoms. The van der Waals surface area contributed by atoms with Gasteiger partial charge in [0.15, 0.2) is 0 Å². The second-order valence-corrected chi connectivity index (χ2v) is 8.11. The van der Waals surface area contributed by atoms with Crippen molar-refractivity contribution in [3.05, 3.63) is 60.2 Å². The van der Waals surface area contributed by atoms with E-state index < -0.39 is 10.0 Å². The van der Waals surface area contributed by atoms with Crippen LogP contribution in [0.5, 0.6) is 0 Å². The normalized spacial score (nSPS) is 21.6. The van der Waals surface area contributed by atoms with Crippen molar-refractivity contribution in [1.82, 2.24) is 4.90 Å². The summed E-state index contributed by atoms with van der Waals surface area (Å²) in [5, 5.41) is 0. The van der Waals surface area contributed by atoms with Gasteiger partial charge in [-0.3, -0.25) is 9.21 Å². The summed E-state index contributed by atoms with van der Waals surface area (Å²) in [7, 11) is -3.53. The van der Waals surface area contributed by atoms with E-state index in [0.717, 1.165) is 37.2 Å². The third-order valence-electron chi connectivity index (χ3n) is 4.84. The molecule has 0 bridgehead atoms. The lowest BCUT2D eigenvalue weighted by Crippen LogP contribution is -2.40. The Kier molecular flexibility index (Phi) is 3.62. The zero-order chi connectivity index (χ0) is 15.9. The van der Waals surface area contributed by atoms with Crippen molar-refractivity contribution in [2.24, 2.45) is 0 Å². The summed E-state index contributed by atoms with van der Waals surface area (Å²) in [6.45, 7) is 2.42. The van der Waals surface area contributed by atoms with Gasteiger partial charge in [-0.2, -0.15) is 0 Å². The van der Waals surface area contributed by atoms with Crippen LogP contribution in [0, 0.1) is 0 Å². The van der Waals surface area contributed by atoms with Gasteiger partial charge in [0.2, 0.25) is 0 Å². The summed E-state index contributed by atoms with van der Waals surface area (Å²) < 4.78 is 28.0. The van der Waals surface area contributed by atoms with E-state index in [2.05, 4.69) is 4.90 Å². The highest BCUT2D eigenvalue weighted by atomic mass is 32.2. The Bertz CT molecular complexity index is 805. The molecule has 5 heteroatoms. The Hall–Kier alpha value is -1.85. The smallest absolute Gasteiger partial charge is 0.264 e. The summed E-state index contributed by atoms with van der Waals surface area (Å²) in [5.74, 6) is 0. The number of sulfonamides is 1. The van der Waals surface area contributed by atoms with Crippen LogP contribution in [0.2, 0.25) is 0 Å². The highest BCUT2D eigenvalue weighted by Crippen LogP contribution is 2.34. The first-order valence-electron chi connectivity index (χ1n) is 8.06. The van der Waals surface area contributed by atoms with Crippen LogP contribution in [0.3, 0.4) is 0 Å². The minimum Gasteiger partial charge on any atom is -0.294 e. The van der Waals surface area contributed by atoms with Gasteiger partial charge in [0.25, 0.3) is 10.0 Å². The molecule has 0 unspecified atom stereocenters. The molecule has 23 heavy (non-hydrogen) atoms. The number of hydrogen-bond donors (Lipinski definition) is 0. The van der Waals surface area contributed by atoms with Gasteiger partial charge in [0, 0.05) is 19.1 Å². The highest BCUT2D eigenvalue weighted by Gasteiger charge is 2.36. The second-order valence-electron chi connectivity index (χ2n) is 6.24.